The molecule has 0 fully saturated rings. The number of carbonyl (C=O) groups excluding carboxylic acids is 1. The number of carbonyl (C=O) groups is 2. The van der Waals surface area contributed by atoms with Gasteiger partial charge < -0.3 is 20.3 Å². The van der Waals surface area contributed by atoms with Crippen molar-refractivity contribution >= 4 is 43.8 Å². The van der Waals surface area contributed by atoms with E-state index in [1.807, 2.05) is 0 Å². The molecule has 3 N–H and O–H groups in total. The summed E-state index contributed by atoms with van der Waals surface area (Å²) in [6.45, 7) is 1.78. The van der Waals surface area contributed by atoms with Gasteiger partial charge in [0.1, 0.15) is 5.75 Å². The number of aliphatic carboxylic acids is 1. The number of carboxylic acids is 1. The van der Waals surface area contributed by atoms with Crippen LogP contribution in [0.1, 0.15) is 24.9 Å². The summed E-state index contributed by atoms with van der Waals surface area (Å²) >= 11 is 6.62. The Bertz CT molecular complexity index is 512. The molecule has 116 valence electrons. The van der Waals surface area contributed by atoms with Gasteiger partial charge in [0.05, 0.1) is 22.0 Å². The van der Waals surface area contributed by atoms with Gasteiger partial charge in [0.2, 0.25) is 0 Å². The van der Waals surface area contributed by atoms with Gasteiger partial charge in [-0.2, -0.15) is 0 Å². The third-order valence-electron chi connectivity index (χ3n) is 2.48. The van der Waals surface area contributed by atoms with Crippen molar-refractivity contribution in [3.8, 4) is 5.75 Å². The first-order valence-corrected chi connectivity index (χ1v) is 7.68. The maximum absolute atomic E-state index is 11.3. The minimum atomic E-state index is -0.975. The number of nitrogens with two attached hydrogens (primary N) is 1. The Kier molecular flexibility index (Phi) is 7.13. The van der Waals surface area contributed by atoms with Gasteiger partial charge in [0.25, 0.3) is 0 Å². The maximum atomic E-state index is 11.3. The van der Waals surface area contributed by atoms with Crippen LogP contribution in [0.5, 0.6) is 5.75 Å². The van der Waals surface area contributed by atoms with Crippen LogP contribution in [-0.2, 0) is 14.3 Å². The van der Waals surface area contributed by atoms with Gasteiger partial charge >= 0.3 is 11.9 Å². The molecule has 0 saturated carbocycles. The van der Waals surface area contributed by atoms with Crippen molar-refractivity contribution in [2.75, 3.05) is 13.2 Å². The van der Waals surface area contributed by atoms with E-state index in [9.17, 15) is 9.59 Å². The van der Waals surface area contributed by atoms with Crippen LogP contribution in [0.3, 0.4) is 0 Å². The summed E-state index contributed by atoms with van der Waals surface area (Å²) in [5.74, 6) is -1.02. The van der Waals surface area contributed by atoms with Crippen LogP contribution in [0.4, 0.5) is 0 Å². The van der Waals surface area contributed by atoms with Crippen LogP contribution in [0.15, 0.2) is 21.1 Å². The lowest BCUT2D eigenvalue weighted by Gasteiger charge is -2.14. The number of halogens is 2. The van der Waals surface area contributed by atoms with Crippen molar-refractivity contribution in [3.63, 3.8) is 0 Å². The Morgan fingerprint density at radius 3 is 2.38 bits per heavy atom. The highest BCUT2D eigenvalue weighted by Crippen LogP contribution is 2.36. The normalized spacial score (nSPS) is 11.8. The molecule has 21 heavy (non-hydrogen) atoms. The Labute approximate surface area is 138 Å². The fourth-order valence-corrected chi connectivity index (χ4v) is 3.02. The molecule has 0 amide bonds. The second kappa shape index (κ2) is 8.35. The van der Waals surface area contributed by atoms with Crippen molar-refractivity contribution < 1.29 is 24.2 Å². The lowest BCUT2D eigenvalue weighted by molar-refractivity contribution is -0.145. The molecule has 1 atom stereocenters. The van der Waals surface area contributed by atoms with Crippen LogP contribution in [0.25, 0.3) is 0 Å². The standard InChI is InChI=1S/C13H15Br2NO5/c1-2-20-12(19)6-21-13-8(14)3-7(4-9(13)15)10(16)5-11(17)18/h3-4,10H,2,5-6,16H2,1H3,(H,17,18). The molecule has 8 heteroatoms. The van der Waals surface area contributed by atoms with Gasteiger partial charge in [-0.15, -0.1) is 0 Å². The van der Waals surface area contributed by atoms with E-state index < -0.39 is 18.0 Å². The molecule has 6 nitrogen and oxygen atoms in total. The molecule has 0 aliphatic heterocycles. The zero-order chi connectivity index (χ0) is 16.0. The first-order valence-electron chi connectivity index (χ1n) is 6.09. The summed E-state index contributed by atoms with van der Waals surface area (Å²) < 4.78 is 11.3. The van der Waals surface area contributed by atoms with Crippen molar-refractivity contribution in [3.05, 3.63) is 26.6 Å². The second-order valence-corrected chi connectivity index (χ2v) is 5.82. The van der Waals surface area contributed by atoms with Crippen LogP contribution in [-0.4, -0.2) is 30.3 Å². The molecule has 0 aliphatic carbocycles. The van der Waals surface area contributed by atoms with Gasteiger partial charge in [-0.25, -0.2) is 4.79 Å². The summed E-state index contributed by atoms with van der Waals surface area (Å²) in [4.78, 5) is 22.0. The topological polar surface area (TPSA) is 98.9 Å². The van der Waals surface area contributed by atoms with Gasteiger partial charge in [0, 0.05) is 6.04 Å². The molecular formula is C13H15Br2NO5. The molecule has 1 unspecified atom stereocenters. The summed E-state index contributed by atoms with van der Waals surface area (Å²) in [5.41, 5.74) is 6.45. The second-order valence-electron chi connectivity index (χ2n) is 4.11. The van der Waals surface area contributed by atoms with E-state index in [1.54, 1.807) is 19.1 Å². The first kappa shape index (κ1) is 17.9. The van der Waals surface area contributed by atoms with Crippen LogP contribution >= 0.6 is 31.9 Å². The number of ether oxygens (including phenoxy) is 2. The third kappa shape index (κ3) is 5.64. The summed E-state index contributed by atoms with van der Waals surface area (Å²) in [6.07, 6.45) is -0.179. The van der Waals surface area contributed by atoms with Crippen molar-refractivity contribution in [2.45, 2.75) is 19.4 Å². The Morgan fingerprint density at radius 2 is 1.90 bits per heavy atom. The molecule has 0 aliphatic rings. The number of benzene rings is 1. The minimum Gasteiger partial charge on any atom is -0.481 e. The molecule has 1 rings (SSSR count). The number of rotatable bonds is 7. The van der Waals surface area contributed by atoms with Crippen LogP contribution in [0.2, 0.25) is 0 Å². The van der Waals surface area contributed by atoms with E-state index >= 15 is 0 Å². The predicted molar refractivity (Wildman–Crippen MR) is 83.2 cm³/mol. The zero-order valence-electron chi connectivity index (χ0n) is 11.3. The third-order valence-corrected chi connectivity index (χ3v) is 3.66. The predicted octanol–water partition coefficient (Wildman–Crippen LogP) is 2.63. The molecule has 0 radical (unpaired) electrons. The highest BCUT2D eigenvalue weighted by Gasteiger charge is 2.16. The number of carboxylic acid groups (broad SMARTS) is 1. The molecule has 1 aromatic rings. The van der Waals surface area contributed by atoms with Gasteiger partial charge in [-0.3, -0.25) is 4.79 Å². The minimum absolute atomic E-state index is 0.179. The lowest BCUT2D eigenvalue weighted by Crippen LogP contribution is -2.16. The van der Waals surface area contributed by atoms with E-state index in [2.05, 4.69) is 31.9 Å². The van der Waals surface area contributed by atoms with E-state index in [0.29, 0.717) is 20.3 Å². The highest BCUT2D eigenvalue weighted by molar-refractivity contribution is 9.11. The quantitative estimate of drug-likeness (QED) is 0.652. The van der Waals surface area contributed by atoms with Crippen molar-refractivity contribution in [1.29, 1.82) is 0 Å². The van der Waals surface area contributed by atoms with E-state index in [4.69, 9.17) is 20.3 Å². The van der Waals surface area contributed by atoms with Gasteiger partial charge in [-0.1, -0.05) is 0 Å². The highest BCUT2D eigenvalue weighted by atomic mass is 79.9. The largest absolute Gasteiger partial charge is 0.481 e. The SMILES string of the molecule is CCOC(=O)COc1c(Br)cc(C(N)CC(=O)O)cc1Br. The fourth-order valence-electron chi connectivity index (χ4n) is 1.57. The molecule has 0 bridgehead atoms. The first-order chi connectivity index (χ1) is 9.85. The molecule has 0 saturated heterocycles. The Balaban J connectivity index is 2.84. The molecule has 1 aromatic carbocycles. The Morgan fingerprint density at radius 1 is 1.33 bits per heavy atom. The Hall–Kier alpha value is -1.12. The maximum Gasteiger partial charge on any atom is 0.344 e. The average molecular weight is 425 g/mol. The van der Waals surface area contributed by atoms with Crippen LogP contribution < -0.4 is 10.5 Å². The van der Waals surface area contributed by atoms with E-state index in [0.717, 1.165) is 0 Å². The van der Waals surface area contributed by atoms with Crippen molar-refractivity contribution in [2.24, 2.45) is 5.73 Å². The summed E-state index contributed by atoms with van der Waals surface area (Å²) in [5, 5.41) is 8.75. The zero-order valence-corrected chi connectivity index (χ0v) is 14.4. The molecular weight excluding hydrogens is 410 g/mol. The molecule has 0 heterocycles. The summed E-state index contributed by atoms with van der Waals surface area (Å²) in [7, 11) is 0. The number of esters is 1. The fraction of sp³-hybridized carbons (Fsp3) is 0.385. The van der Waals surface area contributed by atoms with Crippen molar-refractivity contribution in [1.82, 2.24) is 0 Å². The number of hydrogen-bond acceptors (Lipinski definition) is 5. The van der Waals surface area contributed by atoms with E-state index in [-0.39, 0.29) is 19.6 Å². The average Bonchev–Trinajstić information content (AvgIpc) is 2.37. The molecule has 0 aromatic heterocycles. The molecule has 0 spiro atoms. The monoisotopic (exact) mass is 423 g/mol. The smallest absolute Gasteiger partial charge is 0.344 e. The van der Waals surface area contributed by atoms with Crippen LogP contribution in [0, 0.1) is 0 Å². The lowest BCUT2D eigenvalue weighted by atomic mass is 10.0. The summed E-state index contributed by atoms with van der Waals surface area (Å²) in [6, 6.07) is 2.70. The number of hydrogen-bond donors (Lipinski definition) is 2. The van der Waals surface area contributed by atoms with Gasteiger partial charge in [0.15, 0.2) is 6.61 Å². The van der Waals surface area contributed by atoms with E-state index in [1.165, 1.54) is 0 Å². The van der Waals surface area contributed by atoms with Gasteiger partial charge in [-0.05, 0) is 56.5 Å².